The van der Waals surface area contributed by atoms with Crippen molar-refractivity contribution in [1.82, 2.24) is 10.3 Å². The summed E-state index contributed by atoms with van der Waals surface area (Å²) in [5.41, 5.74) is 3.83. The third-order valence-electron chi connectivity index (χ3n) is 3.43. The quantitative estimate of drug-likeness (QED) is 0.803. The first-order valence-electron chi connectivity index (χ1n) is 5.85. The van der Waals surface area contributed by atoms with Crippen LogP contribution in [0.2, 0.25) is 0 Å². The number of hydrogen-bond acceptors (Lipinski definition) is 3. The Morgan fingerprint density at radius 2 is 2.33 bits per heavy atom. The Hall–Kier alpha value is -0.410. The lowest BCUT2D eigenvalue weighted by molar-refractivity contribution is 0.433. The van der Waals surface area contributed by atoms with Crippen molar-refractivity contribution in [3.63, 3.8) is 0 Å². The maximum Gasteiger partial charge on any atom is 0.0797 e. The summed E-state index contributed by atoms with van der Waals surface area (Å²) in [6.07, 6.45) is 5.39. The first-order valence-corrected chi connectivity index (χ1v) is 6.73. The van der Waals surface area contributed by atoms with Crippen molar-refractivity contribution in [2.75, 3.05) is 13.1 Å². The first-order chi connectivity index (χ1) is 7.26. The predicted octanol–water partition coefficient (Wildman–Crippen LogP) is 2.77. The van der Waals surface area contributed by atoms with Crippen LogP contribution in [0.15, 0.2) is 5.51 Å². The van der Waals surface area contributed by atoms with Crippen LogP contribution in [0.5, 0.6) is 0 Å². The molecule has 2 nitrogen and oxygen atoms in total. The van der Waals surface area contributed by atoms with Gasteiger partial charge in [0.1, 0.15) is 0 Å². The second-order valence-corrected chi connectivity index (χ2v) is 5.58. The third kappa shape index (κ3) is 2.79. The van der Waals surface area contributed by atoms with Crippen LogP contribution >= 0.6 is 11.3 Å². The van der Waals surface area contributed by atoms with Gasteiger partial charge in [0, 0.05) is 11.4 Å². The summed E-state index contributed by atoms with van der Waals surface area (Å²) < 4.78 is 0. The molecule has 0 atom stereocenters. The average Bonchev–Trinajstić information content (AvgIpc) is 2.90. The Labute approximate surface area is 96.1 Å². The second kappa shape index (κ2) is 4.62. The molecule has 0 unspecified atom stereocenters. The van der Waals surface area contributed by atoms with Crippen molar-refractivity contribution >= 4 is 11.3 Å². The van der Waals surface area contributed by atoms with Gasteiger partial charge in [-0.2, -0.15) is 0 Å². The fraction of sp³-hybridized carbons (Fsp3) is 0.750. The summed E-state index contributed by atoms with van der Waals surface area (Å²) >= 11 is 1.81. The Balaban J connectivity index is 1.80. The minimum Gasteiger partial charge on any atom is -0.316 e. The lowest BCUT2D eigenvalue weighted by Crippen LogP contribution is -2.24. The third-order valence-corrected chi connectivity index (χ3v) is 4.43. The number of aromatic nitrogens is 1. The fourth-order valence-corrected chi connectivity index (χ4v) is 2.81. The Morgan fingerprint density at radius 1 is 1.53 bits per heavy atom. The molecule has 1 aliphatic carbocycles. The Bertz CT molecular complexity index is 315. The Morgan fingerprint density at radius 3 is 2.87 bits per heavy atom. The van der Waals surface area contributed by atoms with Crippen LogP contribution in [0.25, 0.3) is 0 Å². The highest BCUT2D eigenvalue weighted by atomic mass is 32.1. The van der Waals surface area contributed by atoms with Gasteiger partial charge in [0.15, 0.2) is 0 Å². The van der Waals surface area contributed by atoms with Crippen molar-refractivity contribution in [2.24, 2.45) is 5.41 Å². The van der Waals surface area contributed by atoms with Crippen LogP contribution in [0.3, 0.4) is 0 Å². The predicted molar refractivity (Wildman–Crippen MR) is 65.4 cm³/mol. The standard InChI is InChI=1S/C12H20N2S/c1-3-13-8-12(6-7-12)5-4-11-10(2)14-9-15-11/h9,13H,3-8H2,1-2H3. The molecule has 1 aromatic heterocycles. The van der Waals surface area contributed by atoms with E-state index in [1.807, 2.05) is 16.8 Å². The van der Waals surface area contributed by atoms with Crippen LogP contribution in [0.4, 0.5) is 0 Å². The molecule has 1 N–H and O–H groups in total. The highest BCUT2D eigenvalue weighted by Gasteiger charge is 2.41. The van der Waals surface area contributed by atoms with Gasteiger partial charge in [-0.1, -0.05) is 6.92 Å². The van der Waals surface area contributed by atoms with E-state index in [4.69, 9.17) is 0 Å². The molecule has 0 radical (unpaired) electrons. The van der Waals surface area contributed by atoms with Crippen LogP contribution < -0.4 is 5.32 Å². The Kier molecular flexibility index (Phi) is 3.42. The average molecular weight is 224 g/mol. The molecular formula is C12H20N2S. The van der Waals surface area contributed by atoms with Crippen molar-refractivity contribution in [3.8, 4) is 0 Å². The van der Waals surface area contributed by atoms with E-state index in [9.17, 15) is 0 Å². The maximum absolute atomic E-state index is 4.30. The smallest absolute Gasteiger partial charge is 0.0797 e. The number of aryl methyl sites for hydroxylation is 2. The largest absolute Gasteiger partial charge is 0.316 e. The maximum atomic E-state index is 4.30. The summed E-state index contributed by atoms with van der Waals surface area (Å²) in [6, 6.07) is 0. The summed E-state index contributed by atoms with van der Waals surface area (Å²) in [5.74, 6) is 0. The zero-order valence-corrected chi connectivity index (χ0v) is 10.5. The lowest BCUT2D eigenvalue weighted by atomic mass is 9.99. The van der Waals surface area contributed by atoms with Crippen molar-refractivity contribution in [3.05, 3.63) is 16.1 Å². The second-order valence-electron chi connectivity index (χ2n) is 4.64. The van der Waals surface area contributed by atoms with Gasteiger partial charge in [0.05, 0.1) is 11.2 Å². The minimum atomic E-state index is 0.631. The molecule has 0 amide bonds. The van der Waals surface area contributed by atoms with Gasteiger partial charge in [0.2, 0.25) is 0 Å². The van der Waals surface area contributed by atoms with Crippen LogP contribution in [-0.2, 0) is 6.42 Å². The number of thiazole rings is 1. The van der Waals surface area contributed by atoms with Gasteiger partial charge in [-0.15, -0.1) is 11.3 Å². The highest BCUT2D eigenvalue weighted by molar-refractivity contribution is 7.09. The number of nitrogens with zero attached hydrogens (tertiary/aromatic N) is 1. The van der Waals surface area contributed by atoms with Gasteiger partial charge < -0.3 is 5.32 Å². The topological polar surface area (TPSA) is 24.9 Å². The lowest BCUT2D eigenvalue weighted by Gasteiger charge is -2.14. The molecule has 15 heavy (non-hydrogen) atoms. The fourth-order valence-electron chi connectivity index (χ4n) is 2.03. The summed E-state index contributed by atoms with van der Waals surface area (Å²) in [4.78, 5) is 5.79. The molecule has 1 heterocycles. The van der Waals surface area contributed by atoms with Crippen molar-refractivity contribution < 1.29 is 0 Å². The van der Waals surface area contributed by atoms with Gasteiger partial charge in [-0.3, -0.25) is 0 Å². The zero-order valence-electron chi connectivity index (χ0n) is 9.68. The molecule has 1 fully saturated rings. The molecule has 1 aliphatic rings. The van der Waals surface area contributed by atoms with Crippen LogP contribution in [-0.4, -0.2) is 18.1 Å². The van der Waals surface area contributed by atoms with E-state index < -0.39 is 0 Å². The molecule has 0 bridgehead atoms. The molecule has 0 aromatic carbocycles. The minimum absolute atomic E-state index is 0.631. The van der Waals surface area contributed by atoms with Gasteiger partial charge in [-0.05, 0) is 44.6 Å². The monoisotopic (exact) mass is 224 g/mol. The van der Waals surface area contributed by atoms with Crippen LogP contribution in [0.1, 0.15) is 36.8 Å². The van der Waals surface area contributed by atoms with Gasteiger partial charge in [-0.25, -0.2) is 4.98 Å². The molecule has 0 saturated heterocycles. The van der Waals surface area contributed by atoms with Crippen molar-refractivity contribution in [2.45, 2.75) is 39.5 Å². The molecule has 1 aromatic rings. The van der Waals surface area contributed by atoms with E-state index in [0.717, 1.165) is 6.54 Å². The SMILES string of the molecule is CCNCC1(CCc2scnc2C)CC1. The van der Waals surface area contributed by atoms with E-state index in [0.29, 0.717) is 5.41 Å². The number of rotatable bonds is 6. The van der Waals surface area contributed by atoms with Gasteiger partial charge >= 0.3 is 0 Å². The molecule has 0 spiro atoms. The molecule has 0 aliphatic heterocycles. The first kappa shape index (κ1) is 11.1. The van der Waals surface area contributed by atoms with E-state index in [1.165, 1.54) is 42.8 Å². The molecule has 84 valence electrons. The number of nitrogens with one attached hydrogen (secondary N) is 1. The summed E-state index contributed by atoms with van der Waals surface area (Å²) in [7, 11) is 0. The van der Waals surface area contributed by atoms with E-state index >= 15 is 0 Å². The van der Waals surface area contributed by atoms with Crippen molar-refractivity contribution in [1.29, 1.82) is 0 Å². The molecular weight excluding hydrogens is 204 g/mol. The molecule has 3 heteroatoms. The summed E-state index contributed by atoms with van der Waals surface area (Å²) in [6.45, 7) is 6.61. The highest BCUT2D eigenvalue weighted by Crippen LogP contribution is 2.49. The van der Waals surface area contributed by atoms with E-state index in [2.05, 4.69) is 24.1 Å². The van der Waals surface area contributed by atoms with E-state index in [1.54, 1.807) is 0 Å². The molecule has 2 rings (SSSR count). The molecule has 1 saturated carbocycles. The van der Waals surface area contributed by atoms with E-state index in [-0.39, 0.29) is 0 Å². The number of hydrogen-bond donors (Lipinski definition) is 1. The summed E-state index contributed by atoms with van der Waals surface area (Å²) in [5, 5.41) is 3.48. The zero-order chi connectivity index (χ0) is 10.7. The van der Waals surface area contributed by atoms with Crippen LogP contribution in [0, 0.1) is 12.3 Å². The normalized spacial score (nSPS) is 18.0. The van der Waals surface area contributed by atoms with Gasteiger partial charge in [0.25, 0.3) is 0 Å².